The summed E-state index contributed by atoms with van der Waals surface area (Å²) in [7, 11) is -3.88. The number of nitrogens with zero attached hydrogens (tertiary/aromatic N) is 2. The van der Waals surface area contributed by atoms with Gasteiger partial charge in [0.2, 0.25) is 0 Å². The second kappa shape index (κ2) is 7.67. The molecule has 1 aromatic carbocycles. The average Bonchev–Trinajstić information content (AvgIpc) is 2.59. The lowest BCUT2D eigenvalue weighted by atomic mass is 9.98. The number of hydrogen-bond acceptors (Lipinski definition) is 5. The SMILES string of the molecule is C[C@H](NC1=NS(=O)(=O)C(Cc2ccc(Cl)nc2)C(C)(C)O1)c1ccccc1F. The van der Waals surface area contributed by atoms with Crippen LogP contribution in [0.4, 0.5) is 4.39 Å². The minimum Gasteiger partial charge on any atom is -0.457 e. The summed E-state index contributed by atoms with van der Waals surface area (Å²) >= 11 is 5.78. The molecule has 1 aliphatic rings. The quantitative estimate of drug-likeness (QED) is 0.756. The maximum Gasteiger partial charge on any atom is 0.301 e. The molecular weight excluding hydrogens is 405 g/mol. The van der Waals surface area contributed by atoms with Crippen LogP contribution in [-0.4, -0.2) is 30.3 Å². The molecule has 1 unspecified atom stereocenters. The summed E-state index contributed by atoms with van der Waals surface area (Å²) in [4.78, 5) is 3.98. The Balaban J connectivity index is 1.84. The molecule has 1 aromatic heterocycles. The summed E-state index contributed by atoms with van der Waals surface area (Å²) in [5.74, 6) is -0.394. The molecule has 0 amide bonds. The molecule has 0 spiro atoms. The topological polar surface area (TPSA) is 80.7 Å². The molecule has 1 N–H and O–H groups in total. The Morgan fingerprint density at radius 2 is 2.00 bits per heavy atom. The third-order valence-corrected chi connectivity index (χ3v) is 6.72. The second-order valence-electron chi connectivity index (χ2n) is 7.19. The van der Waals surface area contributed by atoms with Gasteiger partial charge in [-0.25, -0.2) is 17.8 Å². The first-order valence-electron chi connectivity index (χ1n) is 8.73. The van der Waals surface area contributed by atoms with Crippen molar-refractivity contribution < 1.29 is 17.5 Å². The van der Waals surface area contributed by atoms with Crippen molar-refractivity contribution in [1.82, 2.24) is 10.3 Å². The number of hydrogen-bond donors (Lipinski definition) is 1. The van der Waals surface area contributed by atoms with Crippen LogP contribution in [0.15, 0.2) is 47.0 Å². The fraction of sp³-hybridized carbons (Fsp3) is 0.368. The van der Waals surface area contributed by atoms with Crippen molar-refractivity contribution in [2.45, 2.75) is 44.1 Å². The van der Waals surface area contributed by atoms with Crippen LogP contribution in [0, 0.1) is 5.82 Å². The molecule has 2 aromatic rings. The van der Waals surface area contributed by atoms with E-state index in [0.29, 0.717) is 16.3 Å². The van der Waals surface area contributed by atoms with Crippen molar-refractivity contribution in [1.29, 1.82) is 0 Å². The highest BCUT2D eigenvalue weighted by Crippen LogP contribution is 2.31. The van der Waals surface area contributed by atoms with Gasteiger partial charge < -0.3 is 10.1 Å². The predicted molar refractivity (Wildman–Crippen MR) is 106 cm³/mol. The monoisotopic (exact) mass is 425 g/mol. The van der Waals surface area contributed by atoms with Gasteiger partial charge in [-0.1, -0.05) is 35.9 Å². The van der Waals surface area contributed by atoms with Gasteiger partial charge in [0.1, 0.15) is 21.8 Å². The van der Waals surface area contributed by atoms with Gasteiger partial charge in [0, 0.05) is 11.8 Å². The number of benzene rings is 1. The largest absolute Gasteiger partial charge is 0.457 e. The van der Waals surface area contributed by atoms with Gasteiger partial charge in [0.15, 0.2) is 0 Å². The van der Waals surface area contributed by atoms with Crippen molar-refractivity contribution >= 4 is 27.6 Å². The van der Waals surface area contributed by atoms with E-state index >= 15 is 0 Å². The van der Waals surface area contributed by atoms with E-state index in [0.717, 1.165) is 0 Å². The number of halogens is 2. The molecule has 0 saturated carbocycles. The van der Waals surface area contributed by atoms with Crippen LogP contribution in [0.2, 0.25) is 5.15 Å². The maximum atomic E-state index is 14.0. The Hall–Kier alpha value is -2.19. The van der Waals surface area contributed by atoms with Gasteiger partial charge >= 0.3 is 6.02 Å². The third-order valence-electron chi connectivity index (χ3n) is 4.63. The lowest BCUT2D eigenvalue weighted by Crippen LogP contribution is -2.52. The van der Waals surface area contributed by atoms with Crippen molar-refractivity contribution in [3.63, 3.8) is 0 Å². The fourth-order valence-corrected chi connectivity index (χ4v) is 4.84. The van der Waals surface area contributed by atoms with E-state index in [-0.39, 0.29) is 12.4 Å². The average molecular weight is 426 g/mol. The molecule has 6 nitrogen and oxygen atoms in total. The van der Waals surface area contributed by atoms with Gasteiger partial charge in [0.25, 0.3) is 10.0 Å². The van der Waals surface area contributed by atoms with Crippen molar-refractivity contribution in [3.8, 4) is 0 Å². The highest BCUT2D eigenvalue weighted by atomic mass is 35.5. The first kappa shape index (κ1) is 20.5. The van der Waals surface area contributed by atoms with Crippen LogP contribution in [-0.2, 0) is 21.2 Å². The summed E-state index contributed by atoms with van der Waals surface area (Å²) in [5, 5.41) is 2.28. The number of ether oxygens (including phenoxy) is 1. The molecule has 28 heavy (non-hydrogen) atoms. The zero-order valence-corrected chi connectivity index (χ0v) is 17.3. The number of sulfonamides is 1. The van der Waals surface area contributed by atoms with Crippen LogP contribution in [0.1, 0.15) is 37.9 Å². The van der Waals surface area contributed by atoms with Crippen LogP contribution >= 0.6 is 11.6 Å². The van der Waals surface area contributed by atoms with Crippen LogP contribution < -0.4 is 5.32 Å². The minimum absolute atomic E-state index is 0.147. The van der Waals surface area contributed by atoms with E-state index in [1.807, 2.05) is 0 Å². The third kappa shape index (κ3) is 4.44. The number of pyridine rings is 1. The highest BCUT2D eigenvalue weighted by Gasteiger charge is 2.46. The van der Waals surface area contributed by atoms with Gasteiger partial charge in [-0.05, 0) is 44.9 Å². The second-order valence-corrected chi connectivity index (χ2v) is 9.36. The predicted octanol–water partition coefficient (Wildman–Crippen LogP) is 3.63. The summed E-state index contributed by atoms with van der Waals surface area (Å²) in [6.45, 7) is 5.07. The molecule has 2 atom stereocenters. The van der Waals surface area contributed by atoms with Gasteiger partial charge in [-0.3, -0.25) is 0 Å². The van der Waals surface area contributed by atoms with E-state index in [2.05, 4.69) is 14.7 Å². The zero-order valence-electron chi connectivity index (χ0n) is 15.7. The Labute approximate surface area is 168 Å². The molecule has 0 fully saturated rings. The molecule has 0 bridgehead atoms. The molecule has 9 heteroatoms. The number of nitrogens with one attached hydrogen (secondary N) is 1. The Bertz CT molecular complexity index is 994. The molecule has 2 heterocycles. The summed E-state index contributed by atoms with van der Waals surface area (Å²) in [5.41, 5.74) is 0.0386. The molecular formula is C19H21ClFN3O3S. The first-order chi connectivity index (χ1) is 13.1. The zero-order chi connectivity index (χ0) is 20.5. The van der Waals surface area contributed by atoms with Crippen LogP contribution in [0.3, 0.4) is 0 Å². The fourth-order valence-electron chi connectivity index (χ4n) is 3.11. The molecule has 0 saturated heterocycles. The van der Waals surface area contributed by atoms with Gasteiger partial charge in [-0.15, -0.1) is 4.40 Å². The minimum atomic E-state index is -3.88. The van der Waals surface area contributed by atoms with Crippen LogP contribution in [0.25, 0.3) is 0 Å². The number of rotatable bonds is 4. The van der Waals surface area contributed by atoms with Crippen molar-refractivity contribution in [2.75, 3.05) is 0 Å². The van der Waals surface area contributed by atoms with E-state index in [1.54, 1.807) is 51.1 Å². The van der Waals surface area contributed by atoms with E-state index in [4.69, 9.17) is 16.3 Å². The smallest absolute Gasteiger partial charge is 0.301 e. The Kier molecular flexibility index (Phi) is 5.63. The Morgan fingerprint density at radius 1 is 1.29 bits per heavy atom. The molecule has 150 valence electrons. The summed E-state index contributed by atoms with van der Waals surface area (Å²) in [6, 6.07) is 8.90. The Morgan fingerprint density at radius 3 is 2.61 bits per heavy atom. The molecule has 0 radical (unpaired) electrons. The van der Waals surface area contributed by atoms with Crippen molar-refractivity contribution in [3.05, 3.63) is 64.7 Å². The van der Waals surface area contributed by atoms with E-state index < -0.39 is 32.7 Å². The standard InChI is InChI=1S/C19H21ClFN3O3S/c1-12(14-6-4-5-7-15(14)21)23-18-24-28(25,26)16(19(2,3)27-18)10-13-8-9-17(20)22-11-13/h4-9,11-12,16H,10H2,1-3H3,(H,23,24)/t12-,16?/m0/s1. The van der Waals surface area contributed by atoms with E-state index in [1.165, 1.54) is 12.3 Å². The summed E-state index contributed by atoms with van der Waals surface area (Å²) in [6.07, 6.45) is 1.71. The molecule has 0 aliphatic carbocycles. The maximum absolute atomic E-state index is 14.0. The van der Waals surface area contributed by atoms with Gasteiger partial charge in [0.05, 0.1) is 6.04 Å². The molecule has 3 rings (SSSR count). The number of aromatic nitrogens is 1. The van der Waals surface area contributed by atoms with E-state index in [9.17, 15) is 12.8 Å². The molecule has 1 aliphatic heterocycles. The highest BCUT2D eigenvalue weighted by molar-refractivity contribution is 7.91. The normalized spacial score (nSPS) is 21.3. The lowest BCUT2D eigenvalue weighted by molar-refractivity contribution is 0.0768. The van der Waals surface area contributed by atoms with Crippen LogP contribution in [0.5, 0.6) is 0 Å². The van der Waals surface area contributed by atoms with Crippen molar-refractivity contribution in [2.24, 2.45) is 4.40 Å². The van der Waals surface area contributed by atoms with Gasteiger partial charge in [-0.2, -0.15) is 0 Å². The summed E-state index contributed by atoms with van der Waals surface area (Å²) < 4.78 is 49.3. The first-order valence-corrected chi connectivity index (χ1v) is 10.6. The number of amidine groups is 1. The lowest BCUT2D eigenvalue weighted by Gasteiger charge is -2.37.